The van der Waals surface area contributed by atoms with Crippen LogP contribution in [0.1, 0.15) is 19.3 Å². The molecule has 0 aliphatic carbocycles. The number of hydrogen-bond donors (Lipinski definition) is 1. The maximum absolute atomic E-state index is 9.77. The van der Waals surface area contributed by atoms with Gasteiger partial charge in [0.1, 0.15) is 6.29 Å². The van der Waals surface area contributed by atoms with E-state index in [1.54, 1.807) is 0 Å². The van der Waals surface area contributed by atoms with Gasteiger partial charge in [0, 0.05) is 19.6 Å². The molecule has 0 heterocycles. The first-order valence-corrected chi connectivity index (χ1v) is 3.54. The van der Waals surface area contributed by atoms with Crippen LogP contribution in [-0.4, -0.2) is 31.2 Å². The summed E-state index contributed by atoms with van der Waals surface area (Å²) in [7, 11) is 0. The topological polar surface area (TPSA) is 46.5 Å². The second-order valence-electron chi connectivity index (χ2n) is 2.00. The number of ether oxygens (including phenoxy) is 1. The summed E-state index contributed by atoms with van der Waals surface area (Å²) in [6, 6.07) is 0. The normalized spacial score (nSPS) is 9.70. The molecule has 0 amide bonds. The van der Waals surface area contributed by atoms with Gasteiger partial charge in [-0.05, 0) is 12.8 Å². The molecule has 0 radical (unpaired) electrons. The summed E-state index contributed by atoms with van der Waals surface area (Å²) in [6.07, 6.45) is 2.96. The lowest BCUT2D eigenvalue weighted by Gasteiger charge is -1.98. The van der Waals surface area contributed by atoms with Crippen molar-refractivity contribution in [1.29, 1.82) is 0 Å². The Kier molecular flexibility index (Phi) is 8.24. The molecule has 3 heteroatoms. The number of hydrogen-bond acceptors (Lipinski definition) is 3. The van der Waals surface area contributed by atoms with E-state index in [1.807, 2.05) is 0 Å². The number of rotatable bonds is 7. The van der Waals surface area contributed by atoms with Gasteiger partial charge in [0.15, 0.2) is 0 Å². The first-order chi connectivity index (χ1) is 4.91. The van der Waals surface area contributed by atoms with Gasteiger partial charge in [-0.15, -0.1) is 0 Å². The third-order valence-corrected chi connectivity index (χ3v) is 1.08. The molecule has 0 fully saturated rings. The van der Waals surface area contributed by atoms with Gasteiger partial charge in [-0.2, -0.15) is 0 Å². The minimum atomic E-state index is 0.219. The molecule has 1 N–H and O–H groups in total. The Bertz CT molecular complexity index is 73.3. The van der Waals surface area contributed by atoms with Crippen LogP contribution >= 0.6 is 0 Å². The van der Waals surface area contributed by atoms with Gasteiger partial charge >= 0.3 is 0 Å². The van der Waals surface area contributed by atoms with Crippen LogP contribution in [0.25, 0.3) is 0 Å². The summed E-state index contributed by atoms with van der Waals surface area (Å²) >= 11 is 0. The van der Waals surface area contributed by atoms with Gasteiger partial charge in [-0.1, -0.05) is 0 Å². The Balaban J connectivity index is 2.70. The van der Waals surface area contributed by atoms with Gasteiger partial charge in [0.2, 0.25) is 0 Å². The van der Waals surface area contributed by atoms with Crippen molar-refractivity contribution >= 4 is 6.29 Å². The monoisotopic (exact) mass is 146 g/mol. The molecule has 0 rings (SSSR count). The van der Waals surface area contributed by atoms with Crippen molar-refractivity contribution in [2.75, 3.05) is 19.8 Å². The number of aliphatic hydroxyl groups is 1. The largest absolute Gasteiger partial charge is 0.396 e. The second-order valence-corrected chi connectivity index (χ2v) is 2.00. The maximum Gasteiger partial charge on any atom is 0.122 e. The molecule has 0 aromatic heterocycles. The van der Waals surface area contributed by atoms with E-state index in [9.17, 15) is 4.79 Å². The van der Waals surface area contributed by atoms with Crippen molar-refractivity contribution in [2.45, 2.75) is 19.3 Å². The molecule has 0 aromatic carbocycles. The Morgan fingerprint density at radius 2 is 2.10 bits per heavy atom. The van der Waals surface area contributed by atoms with Crippen LogP contribution in [-0.2, 0) is 9.53 Å². The predicted molar refractivity (Wildman–Crippen MR) is 37.8 cm³/mol. The highest BCUT2D eigenvalue weighted by Gasteiger charge is 1.87. The zero-order valence-electron chi connectivity index (χ0n) is 6.08. The maximum atomic E-state index is 9.77. The summed E-state index contributed by atoms with van der Waals surface area (Å²) in [5, 5.41) is 8.36. The minimum Gasteiger partial charge on any atom is -0.396 e. The van der Waals surface area contributed by atoms with E-state index in [4.69, 9.17) is 9.84 Å². The van der Waals surface area contributed by atoms with E-state index < -0.39 is 0 Å². The zero-order chi connectivity index (χ0) is 7.66. The van der Waals surface area contributed by atoms with Crippen LogP contribution in [0.5, 0.6) is 0 Å². The molecule has 60 valence electrons. The molecule has 0 aromatic rings. The minimum absolute atomic E-state index is 0.219. The second kappa shape index (κ2) is 8.59. The quantitative estimate of drug-likeness (QED) is 0.417. The third-order valence-electron chi connectivity index (χ3n) is 1.08. The molecule has 0 bridgehead atoms. The van der Waals surface area contributed by atoms with E-state index in [2.05, 4.69) is 0 Å². The highest BCUT2D eigenvalue weighted by Crippen LogP contribution is 1.88. The van der Waals surface area contributed by atoms with E-state index in [1.165, 1.54) is 0 Å². The third kappa shape index (κ3) is 7.59. The predicted octanol–water partition coefficient (Wildman–Crippen LogP) is 0.364. The van der Waals surface area contributed by atoms with E-state index in [-0.39, 0.29) is 6.61 Å². The van der Waals surface area contributed by atoms with Crippen LogP contribution in [0.4, 0.5) is 0 Å². The van der Waals surface area contributed by atoms with Crippen molar-refractivity contribution in [2.24, 2.45) is 0 Å². The fraction of sp³-hybridized carbons (Fsp3) is 0.857. The first-order valence-electron chi connectivity index (χ1n) is 3.54. The summed E-state index contributed by atoms with van der Waals surface area (Å²) in [6.45, 7) is 1.38. The highest BCUT2D eigenvalue weighted by atomic mass is 16.5. The summed E-state index contributed by atoms with van der Waals surface area (Å²) in [5.41, 5.74) is 0. The molecular formula is C7H14O3. The lowest BCUT2D eigenvalue weighted by atomic mass is 10.3. The Morgan fingerprint density at radius 3 is 2.70 bits per heavy atom. The number of aliphatic hydroxyl groups excluding tert-OH is 1. The van der Waals surface area contributed by atoms with Crippen LogP contribution in [0.2, 0.25) is 0 Å². The van der Waals surface area contributed by atoms with Gasteiger partial charge in [-0.25, -0.2) is 0 Å². The van der Waals surface area contributed by atoms with Crippen molar-refractivity contribution in [3.63, 3.8) is 0 Å². The lowest BCUT2D eigenvalue weighted by molar-refractivity contribution is -0.108. The fourth-order valence-electron chi connectivity index (χ4n) is 0.549. The summed E-state index contributed by atoms with van der Waals surface area (Å²) < 4.78 is 5.03. The molecule has 0 atom stereocenters. The SMILES string of the molecule is O=CCCOCCCCO. The lowest BCUT2D eigenvalue weighted by Crippen LogP contribution is -1.98. The number of unbranched alkanes of at least 4 members (excludes halogenated alkanes) is 1. The fourth-order valence-corrected chi connectivity index (χ4v) is 0.549. The Hall–Kier alpha value is -0.410. The van der Waals surface area contributed by atoms with Crippen LogP contribution in [0.3, 0.4) is 0 Å². The van der Waals surface area contributed by atoms with Crippen molar-refractivity contribution in [3.8, 4) is 0 Å². The number of carbonyl (C=O) groups is 1. The van der Waals surface area contributed by atoms with Gasteiger partial charge in [0.05, 0.1) is 6.61 Å². The molecule has 3 nitrogen and oxygen atoms in total. The smallest absolute Gasteiger partial charge is 0.122 e. The Morgan fingerprint density at radius 1 is 1.30 bits per heavy atom. The molecule has 0 saturated heterocycles. The van der Waals surface area contributed by atoms with Crippen LogP contribution < -0.4 is 0 Å². The van der Waals surface area contributed by atoms with Crippen LogP contribution in [0.15, 0.2) is 0 Å². The van der Waals surface area contributed by atoms with Gasteiger partial charge in [0.25, 0.3) is 0 Å². The van der Waals surface area contributed by atoms with Crippen LogP contribution in [0, 0.1) is 0 Å². The average molecular weight is 146 g/mol. The molecular weight excluding hydrogens is 132 g/mol. The van der Waals surface area contributed by atoms with E-state index in [0.29, 0.717) is 19.6 Å². The standard InChI is InChI=1S/C7H14O3/c8-4-1-2-6-10-7-3-5-9/h5,8H,1-4,6-7H2. The summed E-state index contributed by atoms with van der Waals surface area (Å²) in [4.78, 5) is 9.77. The highest BCUT2D eigenvalue weighted by molar-refractivity contribution is 5.49. The molecule has 0 aliphatic heterocycles. The Labute approximate surface area is 61.0 Å². The molecule has 0 aliphatic rings. The molecule has 0 saturated carbocycles. The first kappa shape index (κ1) is 9.59. The van der Waals surface area contributed by atoms with Gasteiger partial charge < -0.3 is 14.6 Å². The number of carbonyl (C=O) groups excluding carboxylic acids is 1. The average Bonchev–Trinajstić information content (AvgIpc) is 1.97. The molecule has 0 spiro atoms. The van der Waals surface area contributed by atoms with E-state index >= 15 is 0 Å². The summed E-state index contributed by atoms with van der Waals surface area (Å²) in [5.74, 6) is 0. The van der Waals surface area contributed by atoms with Gasteiger partial charge in [-0.3, -0.25) is 0 Å². The van der Waals surface area contributed by atoms with Crippen molar-refractivity contribution in [1.82, 2.24) is 0 Å². The number of aldehydes is 1. The zero-order valence-corrected chi connectivity index (χ0v) is 6.08. The van der Waals surface area contributed by atoms with Crippen molar-refractivity contribution in [3.05, 3.63) is 0 Å². The van der Waals surface area contributed by atoms with E-state index in [0.717, 1.165) is 19.1 Å². The molecule has 0 unspecified atom stereocenters. The van der Waals surface area contributed by atoms with Crippen molar-refractivity contribution < 1.29 is 14.6 Å². The molecule has 10 heavy (non-hydrogen) atoms.